The molecule has 1 unspecified atom stereocenters. The zero-order valence-electron chi connectivity index (χ0n) is 6.04. The van der Waals surface area contributed by atoms with Crippen LogP contribution in [0.1, 0.15) is 27.2 Å². The summed E-state index contributed by atoms with van der Waals surface area (Å²) in [5.41, 5.74) is 0.177. The molecule has 1 rings (SSSR count). The van der Waals surface area contributed by atoms with Gasteiger partial charge in [0.15, 0.2) is 0 Å². The Balaban J connectivity index is 2.63. The summed E-state index contributed by atoms with van der Waals surface area (Å²) in [6.07, 6.45) is 0.945. The molecule has 0 amide bonds. The molecular weight excluding hydrogens is 155 g/mol. The number of hydrogen-bond donors (Lipinski definition) is 0. The smallest absolute Gasteiger partial charge is 0.101 e. The Morgan fingerprint density at radius 3 is 1.67 bits per heavy atom. The van der Waals surface area contributed by atoms with Gasteiger partial charge in [0.1, 0.15) is 4.33 Å². The third-order valence-electron chi connectivity index (χ3n) is 2.57. The van der Waals surface area contributed by atoms with E-state index in [1.165, 1.54) is 0 Å². The van der Waals surface area contributed by atoms with Crippen LogP contribution in [0.15, 0.2) is 0 Å². The maximum atomic E-state index is 5.91. The van der Waals surface area contributed by atoms with Crippen LogP contribution in [-0.4, -0.2) is 4.33 Å². The summed E-state index contributed by atoms with van der Waals surface area (Å²) in [6, 6.07) is 0. The fourth-order valence-electron chi connectivity index (χ4n) is 1.04. The second-order valence-electron chi connectivity index (χ2n) is 3.45. The maximum absolute atomic E-state index is 5.91. The SMILES string of the molecule is CC(C)C1(C)CC1(Cl)Cl. The lowest BCUT2D eigenvalue weighted by molar-refractivity contribution is 0.391. The fraction of sp³-hybridized carbons (Fsp3) is 1.00. The predicted molar refractivity (Wildman–Crippen MR) is 42.0 cm³/mol. The van der Waals surface area contributed by atoms with Gasteiger partial charge in [-0.1, -0.05) is 20.8 Å². The number of halogens is 2. The summed E-state index contributed by atoms with van der Waals surface area (Å²) in [4.78, 5) is 0. The molecule has 2 heteroatoms. The average Bonchev–Trinajstić information content (AvgIpc) is 2.08. The molecule has 0 aliphatic heterocycles. The van der Waals surface area contributed by atoms with Crippen molar-refractivity contribution in [1.29, 1.82) is 0 Å². The molecule has 0 nitrogen and oxygen atoms in total. The summed E-state index contributed by atoms with van der Waals surface area (Å²) >= 11 is 11.8. The average molecular weight is 167 g/mol. The van der Waals surface area contributed by atoms with E-state index in [0.717, 1.165) is 6.42 Å². The van der Waals surface area contributed by atoms with Gasteiger partial charge in [0, 0.05) is 5.41 Å². The van der Waals surface area contributed by atoms with E-state index in [4.69, 9.17) is 23.2 Å². The standard InChI is InChI=1S/C7H12Cl2/c1-5(2)6(3)4-7(6,8)9/h5H,4H2,1-3H3. The lowest BCUT2D eigenvalue weighted by Gasteiger charge is -2.15. The normalized spacial score (nSPS) is 39.3. The number of alkyl halides is 2. The minimum Gasteiger partial charge on any atom is -0.101 e. The van der Waals surface area contributed by atoms with Crippen LogP contribution in [0.5, 0.6) is 0 Å². The molecule has 1 aliphatic rings. The Morgan fingerprint density at radius 1 is 1.33 bits per heavy atom. The summed E-state index contributed by atoms with van der Waals surface area (Å²) in [6.45, 7) is 6.46. The minimum atomic E-state index is -0.429. The molecule has 0 N–H and O–H groups in total. The van der Waals surface area contributed by atoms with Crippen LogP contribution in [0.25, 0.3) is 0 Å². The molecule has 0 heterocycles. The molecule has 0 spiro atoms. The van der Waals surface area contributed by atoms with Crippen LogP contribution in [0.3, 0.4) is 0 Å². The molecule has 9 heavy (non-hydrogen) atoms. The first-order chi connectivity index (χ1) is 3.90. The molecular formula is C7H12Cl2. The van der Waals surface area contributed by atoms with Crippen LogP contribution < -0.4 is 0 Å². The van der Waals surface area contributed by atoms with Crippen LogP contribution in [-0.2, 0) is 0 Å². The highest BCUT2D eigenvalue weighted by molar-refractivity contribution is 6.51. The topological polar surface area (TPSA) is 0 Å². The van der Waals surface area contributed by atoms with Crippen molar-refractivity contribution in [3.8, 4) is 0 Å². The molecule has 1 saturated carbocycles. The van der Waals surface area contributed by atoms with Crippen molar-refractivity contribution in [1.82, 2.24) is 0 Å². The van der Waals surface area contributed by atoms with Gasteiger partial charge < -0.3 is 0 Å². The fourth-order valence-corrected chi connectivity index (χ4v) is 2.04. The summed E-state index contributed by atoms with van der Waals surface area (Å²) < 4.78 is -0.429. The first-order valence-corrected chi connectivity index (χ1v) is 4.03. The monoisotopic (exact) mass is 166 g/mol. The van der Waals surface area contributed by atoms with Crippen molar-refractivity contribution < 1.29 is 0 Å². The van der Waals surface area contributed by atoms with Crippen molar-refractivity contribution in [3.63, 3.8) is 0 Å². The Bertz CT molecular complexity index is 129. The van der Waals surface area contributed by atoms with Gasteiger partial charge in [-0.3, -0.25) is 0 Å². The lowest BCUT2D eigenvalue weighted by atomic mass is 9.95. The van der Waals surface area contributed by atoms with Crippen LogP contribution in [0, 0.1) is 11.3 Å². The van der Waals surface area contributed by atoms with E-state index >= 15 is 0 Å². The van der Waals surface area contributed by atoms with Crippen LogP contribution in [0.2, 0.25) is 0 Å². The molecule has 1 atom stereocenters. The lowest BCUT2D eigenvalue weighted by Crippen LogP contribution is -2.11. The Kier molecular flexibility index (Phi) is 1.53. The van der Waals surface area contributed by atoms with E-state index in [-0.39, 0.29) is 5.41 Å². The van der Waals surface area contributed by atoms with Gasteiger partial charge in [-0.15, -0.1) is 23.2 Å². The van der Waals surface area contributed by atoms with E-state index in [1.54, 1.807) is 0 Å². The molecule has 54 valence electrons. The second-order valence-corrected chi connectivity index (χ2v) is 4.94. The predicted octanol–water partition coefficient (Wildman–Crippen LogP) is 3.23. The van der Waals surface area contributed by atoms with Gasteiger partial charge in [-0.05, 0) is 12.3 Å². The molecule has 1 fully saturated rings. The number of rotatable bonds is 1. The number of hydrogen-bond acceptors (Lipinski definition) is 0. The van der Waals surface area contributed by atoms with Crippen molar-refractivity contribution in [2.75, 3.05) is 0 Å². The zero-order chi connectivity index (χ0) is 7.28. The second kappa shape index (κ2) is 1.79. The van der Waals surface area contributed by atoms with Crippen molar-refractivity contribution >= 4 is 23.2 Å². The van der Waals surface area contributed by atoms with Gasteiger partial charge in [-0.25, -0.2) is 0 Å². The van der Waals surface area contributed by atoms with E-state index in [1.807, 2.05) is 0 Å². The van der Waals surface area contributed by atoms with Crippen molar-refractivity contribution in [2.45, 2.75) is 31.5 Å². The largest absolute Gasteiger partial charge is 0.124 e. The third-order valence-corrected chi connectivity index (χ3v) is 3.70. The van der Waals surface area contributed by atoms with E-state index in [9.17, 15) is 0 Å². The van der Waals surface area contributed by atoms with Gasteiger partial charge in [-0.2, -0.15) is 0 Å². The Morgan fingerprint density at radius 2 is 1.67 bits per heavy atom. The molecule has 0 aromatic carbocycles. The molecule has 0 radical (unpaired) electrons. The summed E-state index contributed by atoms with van der Waals surface area (Å²) in [5, 5.41) is 0. The summed E-state index contributed by atoms with van der Waals surface area (Å²) in [7, 11) is 0. The Hall–Kier alpha value is 0.580. The first kappa shape index (κ1) is 7.68. The third kappa shape index (κ3) is 0.969. The van der Waals surface area contributed by atoms with E-state index < -0.39 is 4.33 Å². The van der Waals surface area contributed by atoms with Gasteiger partial charge in [0.25, 0.3) is 0 Å². The van der Waals surface area contributed by atoms with E-state index in [2.05, 4.69) is 20.8 Å². The highest BCUT2D eigenvalue weighted by Gasteiger charge is 2.64. The van der Waals surface area contributed by atoms with E-state index in [0.29, 0.717) is 5.92 Å². The minimum absolute atomic E-state index is 0.177. The molecule has 0 aromatic heterocycles. The van der Waals surface area contributed by atoms with Crippen molar-refractivity contribution in [2.24, 2.45) is 11.3 Å². The molecule has 0 bridgehead atoms. The molecule has 0 aromatic rings. The van der Waals surface area contributed by atoms with Crippen molar-refractivity contribution in [3.05, 3.63) is 0 Å². The first-order valence-electron chi connectivity index (χ1n) is 3.28. The molecule has 1 aliphatic carbocycles. The van der Waals surface area contributed by atoms with Crippen LogP contribution >= 0.6 is 23.2 Å². The zero-order valence-corrected chi connectivity index (χ0v) is 7.55. The highest BCUT2D eigenvalue weighted by atomic mass is 35.5. The van der Waals surface area contributed by atoms with Crippen LogP contribution in [0.4, 0.5) is 0 Å². The quantitative estimate of drug-likeness (QED) is 0.526. The summed E-state index contributed by atoms with van der Waals surface area (Å²) in [5.74, 6) is 0.590. The van der Waals surface area contributed by atoms with Gasteiger partial charge in [0.05, 0.1) is 0 Å². The van der Waals surface area contributed by atoms with Gasteiger partial charge in [0.2, 0.25) is 0 Å². The highest BCUT2D eigenvalue weighted by Crippen LogP contribution is 2.67. The Labute approximate surface area is 66.5 Å². The maximum Gasteiger partial charge on any atom is 0.124 e. The van der Waals surface area contributed by atoms with Gasteiger partial charge >= 0.3 is 0 Å². The molecule has 0 saturated heterocycles.